The number of pyridine rings is 1. The van der Waals surface area contributed by atoms with Crippen molar-refractivity contribution in [2.75, 3.05) is 6.26 Å². The normalized spacial score (nSPS) is 10.9. The SMILES string of the molecule is CS(=O)(=O)O.NC(=O)c1cccc2[nH]c(-c3ccncc3)nc12. The first-order chi connectivity index (χ1) is 10.8. The number of carbonyl (C=O) groups excluding carboxylic acids is 1. The van der Waals surface area contributed by atoms with Crippen LogP contribution >= 0.6 is 0 Å². The van der Waals surface area contributed by atoms with E-state index >= 15 is 0 Å². The van der Waals surface area contributed by atoms with E-state index in [4.69, 9.17) is 10.3 Å². The van der Waals surface area contributed by atoms with Crippen LogP contribution in [-0.2, 0) is 10.1 Å². The standard InChI is InChI=1S/C13H10N4O.CH4O3S/c14-12(18)9-2-1-3-10-11(9)17-13(16-10)8-4-6-15-7-5-8;1-5(2,3)4/h1-7H,(H2,14,18)(H,16,17);1H3,(H,2,3,4). The van der Waals surface area contributed by atoms with Gasteiger partial charge in [0, 0.05) is 18.0 Å². The molecule has 0 atom stereocenters. The first kappa shape index (κ1) is 16.6. The van der Waals surface area contributed by atoms with Crippen molar-refractivity contribution >= 4 is 27.1 Å². The van der Waals surface area contributed by atoms with Gasteiger partial charge in [-0.1, -0.05) is 6.07 Å². The number of nitrogens with one attached hydrogen (secondary N) is 1. The zero-order chi connectivity index (χ0) is 17.0. The minimum Gasteiger partial charge on any atom is -0.366 e. The minimum absolute atomic E-state index is 0.420. The van der Waals surface area contributed by atoms with Crippen molar-refractivity contribution in [2.24, 2.45) is 5.73 Å². The molecule has 0 aliphatic carbocycles. The number of benzene rings is 1. The molecule has 0 bridgehead atoms. The number of imidazole rings is 1. The van der Waals surface area contributed by atoms with Crippen LogP contribution in [0.1, 0.15) is 10.4 Å². The Bertz CT molecular complexity index is 928. The van der Waals surface area contributed by atoms with Gasteiger partial charge < -0.3 is 10.7 Å². The maximum absolute atomic E-state index is 11.3. The maximum atomic E-state index is 11.3. The molecule has 2 heterocycles. The average molecular weight is 334 g/mol. The van der Waals surface area contributed by atoms with Crippen LogP contribution in [0.3, 0.4) is 0 Å². The molecule has 0 saturated heterocycles. The fourth-order valence-electron chi connectivity index (χ4n) is 1.88. The summed E-state index contributed by atoms with van der Waals surface area (Å²) in [6.07, 6.45) is 4.10. The molecular weight excluding hydrogens is 320 g/mol. The monoisotopic (exact) mass is 334 g/mol. The Morgan fingerprint density at radius 3 is 2.39 bits per heavy atom. The number of nitrogens with zero attached hydrogens (tertiary/aromatic N) is 2. The van der Waals surface area contributed by atoms with E-state index in [0.717, 1.165) is 11.1 Å². The number of hydrogen-bond acceptors (Lipinski definition) is 5. The zero-order valence-electron chi connectivity index (χ0n) is 12.1. The molecule has 23 heavy (non-hydrogen) atoms. The summed E-state index contributed by atoms with van der Waals surface area (Å²) in [5.41, 5.74) is 8.04. The lowest BCUT2D eigenvalue weighted by Gasteiger charge is -1.94. The highest BCUT2D eigenvalue weighted by Crippen LogP contribution is 2.22. The van der Waals surface area contributed by atoms with E-state index in [2.05, 4.69) is 15.0 Å². The van der Waals surface area contributed by atoms with Gasteiger partial charge in [-0.25, -0.2) is 4.98 Å². The predicted octanol–water partition coefficient (Wildman–Crippen LogP) is 1.23. The highest BCUT2D eigenvalue weighted by atomic mass is 32.2. The topological polar surface area (TPSA) is 139 Å². The molecule has 0 fully saturated rings. The van der Waals surface area contributed by atoms with Gasteiger partial charge in [-0.2, -0.15) is 8.42 Å². The lowest BCUT2D eigenvalue weighted by Crippen LogP contribution is -2.11. The fourth-order valence-corrected chi connectivity index (χ4v) is 1.88. The van der Waals surface area contributed by atoms with Gasteiger partial charge >= 0.3 is 0 Å². The van der Waals surface area contributed by atoms with Crippen molar-refractivity contribution < 1.29 is 17.8 Å². The number of hydrogen-bond donors (Lipinski definition) is 3. The molecule has 120 valence electrons. The number of aromatic nitrogens is 3. The largest absolute Gasteiger partial charge is 0.366 e. The van der Waals surface area contributed by atoms with Gasteiger partial charge in [-0.05, 0) is 24.3 Å². The van der Waals surface area contributed by atoms with E-state index in [1.165, 1.54) is 0 Å². The lowest BCUT2D eigenvalue weighted by atomic mass is 10.2. The van der Waals surface area contributed by atoms with Gasteiger partial charge in [0.15, 0.2) is 0 Å². The first-order valence-corrected chi connectivity index (χ1v) is 8.22. The summed E-state index contributed by atoms with van der Waals surface area (Å²) >= 11 is 0. The molecule has 9 heteroatoms. The van der Waals surface area contributed by atoms with Gasteiger partial charge in [0.1, 0.15) is 11.3 Å². The Hall–Kier alpha value is -2.78. The third-order valence-electron chi connectivity index (χ3n) is 2.73. The van der Waals surface area contributed by atoms with Gasteiger partial charge in [0.2, 0.25) is 0 Å². The van der Waals surface area contributed by atoms with E-state index in [1.807, 2.05) is 18.2 Å². The van der Waals surface area contributed by atoms with Gasteiger partial charge in [-0.15, -0.1) is 0 Å². The van der Waals surface area contributed by atoms with Crippen LogP contribution in [0.25, 0.3) is 22.4 Å². The second-order valence-electron chi connectivity index (χ2n) is 4.62. The third-order valence-corrected chi connectivity index (χ3v) is 2.73. The molecule has 0 aliphatic heterocycles. The van der Waals surface area contributed by atoms with Crippen LogP contribution in [0.2, 0.25) is 0 Å². The predicted molar refractivity (Wildman–Crippen MR) is 85.3 cm³/mol. The summed E-state index contributed by atoms with van der Waals surface area (Å²) in [6, 6.07) is 9.00. The van der Waals surface area contributed by atoms with Crippen molar-refractivity contribution in [3.63, 3.8) is 0 Å². The van der Waals surface area contributed by atoms with Crippen LogP contribution in [0.5, 0.6) is 0 Å². The summed E-state index contributed by atoms with van der Waals surface area (Å²) in [5, 5.41) is 0. The Morgan fingerprint density at radius 1 is 1.22 bits per heavy atom. The molecule has 8 nitrogen and oxygen atoms in total. The number of primary amides is 1. The van der Waals surface area contributed by atoms with Crippen molar-refractivity contribution in [3.8, 4) is 11.4 Å². The summed E-state index contributed by atoms with van der Waals surface area (Å²) in [7, 11) is -3.67. The van der Waals surface area contributed by atoms with Crippen LogP contribution in [-0.4, -0.2) is 40.1 Å². The van der Waals surface area contributed by atoms with E-state index in [9.17, 15) is 13.2 Å². The van der Waals surface area contributed by atoms with Crippen LogP contribution in [0, 0.1) is 0 Å². The molecule has 0 aliphatic rings. The summed E-state index contributed by atoms with van der Waals surface area (Å²) in [5.74, 6) is 0.217. The molecular formula is C14H14N4O4S. The molecule has 4 N–H and O–H groups in total. The molecule has 2 aromatic heterocycles. The van der Waals surface area contributed by atoms with Crippen LogP contribution in [0.4, 0.5) is 0 Å². The minimum atomic E-state index is -3.67. The van der Waals surface area contributed by atoms with E-state index in [1.54, 1.807) is 24.5 Å². The van der Waals surface area contributed by atoms with E-state index < -0.39 is 16.0 Å². The number of aromatic amines is 1. The fraction of sp³-hybridized carbons (Fsp3) is 0.0714. The number of rotatable bonds is 2. The zero-order valence-corrected chi connectivity index (χ0v) is 12.9. The average Bonchev–Trinajstić information content (AvgIpc) is 2.90. The quantitative estimate of drug-likeness (QED) is 0.602. The number of para-hydroxylation sites is 1. The maximum Gasteiger partial charge on any atom is 0.261 e. The number of fused-ring (bicyclic) bond motifs is 1. The second-order valence-corrected chi connectivity index (χ2v) is 6.09. The molecule has 0 unspecified atom stereocenters. The molecule has 1 amide bonds. The highest BCUT2D eigenvalue weighted by Gasteiger charge is 2.11. The Morgan fingerprint density at radius 2 is 1.83 bits per heavy atom. The van der Waals surface area contributed by atoms with Crippen LogP contribution in [0.15, 0.2) is 42.7 Å². The Kier molecular flexibility index (Phi) is 4.72. The third kappa shape index (κ3) is 4.59. The summed E-state index contributed by atoms with van der Waals surface area (Å²) in [6.45, 7) is 0. The van der Waals surface area contributed by atoms with Crippen molar-refractivity contribution in [3.05, 3.63) is 48.3 Å². The molecule has 0 spiro atoms. The Labute approximate surface area is 132 Å². The van der Waals surface area contributed by atoms with E-state index in [0.29, 0.717) is 23.2 Å². The molecule has 3 aromatic rings. The highest BCUT2D eigenvalue weighted by molar-refractivity contribution is 7.85. The number of carbonyl (C=O) groups is 1. The number of nitrogens with two attached hydrogens (primary N) is 1. The van der Waals surface area contributed by atoms with Crippen LogP contribution < -0.4 is 5.73 Å². The van der Waals surface area contributed by atoms with Crippen molar-refractivity contribution in [1.29, 1.82) is 0 Å². The van der Waals surface area contributed by atoms with Crippen molar-refractivity contribution in [2.45, 2.75) is 0 Å². The van der Waals surface area contributed by atoms with Gasteiger partial charge in [-0.3, -0.25) is 14.3 Å². The number of amides is 1. The molecule has 0 radical (unpaired) electrons. The Balaban J connectivity index is 0.000000338. The lowest BCUT2D eigenvalue weighted by molar-refractivity contribution is 0.100. The molecule has 3 rings (SSSR count). The van der Waals surface area contributed by atoms with E-state index in [-0.39, 0.29) is 0 Å². The second kappa shape index (κ2) is 6.55. The number of H-pyrrole nitrogens is 1. The van der Waals surface area contributed by atoms with Crippen molar-refractivity contribution in [1.82, 2.24) is 15.0 Å². The first-order valence-electron chi connectivity index (χ1n) is 6.37. The summed E-state index contributed by atoms with van der Waals surface area (Å²) in [4.78, 5) is 22.9. The molecule has 0 saturated carbocycles. The van der Waals surface area contributed by atoms with Gasteiger partial charge in [0.05, 0.1) is 17.3 Å². The van der Waals surface area contributed by atoms with Gasteiger partial charge in [0.25, 0.3) is 16.0 Å². The smallest absolute Gasteiger partial charge is 0.261 e. The summed E-state index contributed by atoms with van der Waals surface area (Å²) < 4.78 is 25.9. The molecule has 1 aromatic carbocycles.